The van der Waals surface area contributed by atoms with Gasteiger partial charge >= 0.3 is 5.97 Å². The molecule has 2 aromatic carbocycles. The molecule has 0 saturated heterocycles. The molecule has 0 bridgehead atoms. The van der Waals surface area contributed by atoms with Crippen molar-refractivity contribution in [3.05, 3.63) is 71.8 Å². The van der Waals surface area contributed by atoms with Gasteiger partial charge in [0.05, 0.1) is 6.61 Å². The Hall–Kier alpha value is -1.78. The lowest BCUT2D eigenvalue weighted by molar-refractivity contribution is -0.145. The van der Waals surface area contributed by atoms with E-state index in [1.165, 1.54) is 0 Å². The maximum Gasteiger partial charge on any atom is 0.324 e. The van der Waals surface area contributed by atoms with Gasteiger partial charge in [0.15, 0.2) is 0 Å². The third-order valence-electron chi connectivity index (χ3n) is 3.58. The molecule has 0 aliphatic heterocycles. The van der Waals surface area contributed by atoms with E-state index in [4.69, 9.17) is 4.74 Å². The van der Waals surface area contributed by atoms with Gasteiger partial charge < -0.3 is 4.74 Å². The number of hydrogen-bond acceptors (Lipinski definition) is 4. The number of ether oxygens (including phenoxy) is 1. The fraction of sp³-hybridized carbons (Fsp3) is 0.316. The van der Waals surface area contributed by atoms with Crippen LogP contribution in [0.3, 0.4) is 0 Å². The molecule has 0 fully saturated rings. The predicted molar refractivity (Wildman–Crippen MR) is 96.6 cm³/mol. The van der Waals surface area contributed by atoms with Crippen LogP contribution >= 0.6 is 12.6 Å². The molecule has 2 rings (SSSR count). The second kappa shape index (κ2) is 9.38. The fourth-order valence-electron chi connectivity index (χ4n) is 2.41. The molecular weight excluding hydrogens is 306 g/mol. The van der Waals surface area contributed by atoms with E-state index in [9.17, 15) is 4.79 Å². The first kappa shape index (κ1) is 17.6. The molecule has 0 saturated carbocycles. The number of hydrogen-bond donors (Lipinski definition) is 2. The van der Waals surface area contributed by atoms with Crippen LogP contribution in [0.5, 0.6) is 0 Å². The van der Waals surface area contributed by atoms with Crippen LogP contribution < -0.4 is 5.32 Å². The monoisotopic (exact) mass is 329 g/mol. The van der Waals surface area contributed by atoms with Crippen LogP contribution in [0.25, 0.3) is 0 Å². The molecule has 0 amide bonds. The van der Waals surface area contributed by atoms with Gasteiger partial charge in [0, 0.05) is 11.8 Å². The topological polar surface area (TPSA) is 38.3 Å². The molecule has 23 heavy (non-hydrogen) atoms. The van der Waals surface area contributed by atoms with Gasteiger partial charge in [-0.15, -0.1) is 0 Å². The highest BCUT2D eigenvalue weighted by molar-refractivity contribution is 7.81. The van der Waals surface area contributed by atoms with Gasteiger partial charge in [0.2, 0.25) is 0 Å². The third-order valence-corrected chi connectivity index (χ3v) is 4.06. The van der Waals surface area contributed by atoms with Crippen molar-refractivity contribution in [2.45, 2.75) is 31.2 Å². The standard InChI is InChI=1S/C19H23NO2S/c1-2-22-19(21)18(20-14-16-11-7-4-8-12-16)17(23)13-15-9-5-3-6-10-15/h3-12,17-18,20,23H,2,13-14H2,1H3/t17?,18-/m0/s1. The zero-order valence-corrected chi connectivity index (χ0v) is 14.2. The second-order valence-electron chi connectivity index (χ2n) is 5.35. The van der Waals surface area contributed by atoms with Gasteiger partial charge in [-0.2, -0.15) is 12.6 Å². The highest BCUT2D eigenvalue weighted by Crippen LogP contribution is 2.13. The van der Waals surface area contributed by atoms with Gasteiger partial charge in [-0.1, -0.05) is 60.7 Å². The van der Waals surface area contributed by atoms with Gasteiger partial charge in [-0.05, 0) is 24.5 Å². The summed E-state index contributed by atoms with van der Waals surface area (Å²) in [5, 5.41) is 3.14. The lowest BCUT2D eigenvalue weighted by atomic mass is 10.0. The molecule has 3 nitrogen and oxygen atoms in total. The summed E-state index contributed by atoms with van der Waals surface area (Å²) in [6.45, 7) is 2.79. The van der Waals surface area contributed by atoms with E-state index in [1.807, 2.05) is 67.6 Å². The third kappa shape index (κ3) is 5.73. The Bertz CT molecular complexity index is 589. The Kier molecular flexibility index (Phi) is 7.17. The van der Waals surface area contributed by atoms with Crippen molar-refractivity contribution >= 4 is 18.6 Å². The molecule has 0 radical (unpaired) electrons. The quantitative estimate of drug-likeness (QED) is 0.577. The Labute approximate surface area is 143 Å². The first-order valence-corrected chi connectivity index (χ1v) is 8.38. The molecule has 2 atom stereocenters. The summed E-state index contributed by atoms with van der Waals surface area (Å²) in [4.78, 5) is 12.3. The van der Waals surface area contributed by atoms with Crippen molar-refractivity contribution in [3.63, 3.8) is 0 Å². The fourth-order valence-corrected chi connectivity index (χ4v) is 2.84. The lowest BCUT2D eigenvalue weighted by Gasteiger charge is -2.23. The summed E-state index contributed by atoms with van der Waals surface area (Å²) in [6, 6.07) is 19.6. The van der Waals surface area contributed by atoms with E-state index in [0.717, 1.165) is 11.1 Å². The molecule has 122 valence electrons. The van der Waals surface area contributed by atoms with Crippen molar-refractivity contribution in [1.29, 1.82) is 0 Å². The van der Waals surface area contributed by atoms with Crippen LogP contribution in [0.4, 0.5) is 0 Å². The average Bonchev–Trinajstić information content (AvgIpc) is 2.57. The van der Waals surface area contributed by atoms with Gasteiger partial charge in [-0.3, -0.25) is 10.1 Å². The maximum absolute atomic E-state index is 12.3. The van der Waals surface area contributed by atoms with Gasteiger partial charge in [0.25, 0.3) is 0 Å². The van der Waals surface area contributed by atoms with Crippen LogP contribution in [0, 0.1) is 0 Å². The summed E-state index contributed by atoms with van der Waals surface area (Å²) >= 11 is 4.65. The van der Waals surface area contributed by atoms with E-state index in [-0.39, 0.29) is 11.2 Å². The first-order chi connectivity index (χ1) is 11.2. The molecule has 4 heteroatoms. The number of esters is 1. The van der Waals surface area contributed by atoms with E-state index >= 15 is 0 Å². The van der Waals surface area contributed by atoms with Crippen LogP contribution in [-0.4, -0.2) is 23.9 Å². The lowest BCUT2D eigenvalue weighted by Crippen LogP contribution is -2.45. The molecular formula is C19H23NO2S. The van der Waals surface area contributed by atoms with Crippen LogP contribution in [0.15, 0.2) is 60.7 Å². The average molecular weight is 329 g/mol. The molecule has 1 N–H and O–H groups in total. The van der Waals surface area contributed by atoms with Crippen LogP contribution in [-0.2, 0) is 22.5 Å². The smallest absolute Gasteiger partial charge is 0.324 e. The number of carbonyl (C=O) groups is 1. The predicted octanol–water partition coefficient (Wildman–Crippen LogP) is 3.25. The van der Waals surface area contributed by atoms with Crippen molar-refractivity contribution in [2.24, 2.45) is 0 Å². The zero-order valence-electron chi connectivity index (χ0n) is 13.3. The molecule has 0 aliphatic carbocycles. The van der Waals surface area contributed by atoms with Crippen LogP contribution in [0.2, 0.25) is 0 Å². The van der Waals surface area contributed by atoms with Crippen molar-refractivity contribution in [3.8, 4) is 0 Å². The van der Waals surface area contributed by atoms with Gasteiger partial charge in [-0.25, -0.2) is 0 Å². The maximum atomic E-state index is 12.3. The minimum absolute atomic E-state index is 0.153. The molecule has 2 aromatic rings. The largest absolute Gasteiger partial charge is 0.465 e. The van der Waals surface area contributed by atoms with E-state index < -0.39 is 6.04 Å². The second-order valence-corrected chi connectivity index (χ2v) is 6.02. The molecule has 1 unspecified atom stereocenters. The molecule has 0 heterocycles. The summed E-state index contributed by atoms with van der Waals surface area (Å²) in [5.41, 5.74) is 2.28. The number of nitrogens with one attached hydrogen (secondary N) is 1. The Balaban J connectivity index is 2.02. The zero-order chi connectivity index (χ0) is 16.5. The molecule has 0 aromatic heterocycles. The van der Waals surface area contributed by atoms with Crippen molar-refractivity contribution < 1.29 is 9.53 Å². The van der Waals surface area contributed by atoms with E-state index in [2.05, 4.69) is 17.9 Å². The summed E-state index contributed by atoms with van der Waals surface area (Å²) < 4.78 is 5.20. The minimum Gasteiger partial charge on any atom is -0.465 e. The minimum atomic E-state index is -0.446. The summed E-state index contributed by atoms with van der Waals surface area (Å²) in [6.07, 6.45) is 0.704. The van der Waals surface area contributed by atoms with Crippen molar-refractivity contribution in [2.75, 3.05) is 6.61 Å². The number of carbonyl (C=O) groups excluding carboxylic acids is 1. The first-order valence-electron chi connectivity index (χ1n) is 7.86. The Morgan fingerprint density at radius 3 is 2.17 bits per heavy atom. The van der Waals surface area contributed by atoms with E-state index in [1.54, 1.807) is 0 Å². The summed E-state index contributed by atoms with van der Waals surface area (Å²) in [7, 11) is 0. The number of benzene rings is 2. The molecule has 0 spiro atoms. The highest BCUT2D eigenvalue weighted by atomic mass is 32.1. The Morgan fingerprint density at radius 2 is 1.61 bits per heavy atom. The van der Waals surface area contributed by atoms with E-state index in [0.29, 0.717) is 19.6 Å². The molecule has 0 aliphatic rings. The van der Waals surface area contributed by atoms with Crippen LogP contribution in [0.1, 0.15) is 18.1 Å². The van der Waals surface area contributed by atoms with Gasteiger partial charge in [0.1, 0.15) is 6.04 Å². The SMILES string of the molecule is CCOC(=O)[C@@H](NCc1ccccc1)C(S)Cc1ccccc1. The highest BCUT2D eigenvalue weighted by Gasteiger charge is 2.26. The number of rotatable bonds is 8. The number of thiol groups is 1. The van der Waals surface area contributed by atoms with Crippen molar-refractivity contribution in [1.82, 2.24) is 5.32 Å². The normalized spacial score (nSPS) is 13.3. The Morgan fingerprint density at radius 1 is 1.04 bits per heavy atom. The summed E-state index contributed by atoms with van der Waals surface area (Å²) in [5.74, 6) is -0.251.